The van der Waals surface area contributed by atoms with E-state index in [1.54, 1.807) is 16.8 Å². The molecule has 0 amide bonds. The van der Waals surface area contributed by atoms with E-state index in [9.17, 15) is 0 Å². The summed E-state index contributed by atoms with van der Waals surface area (Å²) < 4.78 is 0. The minimum absolute atomic E-state index is 0.588. The third kappa shape index (κ3) is 2.02. The molecule has 2 heterocycles. The molecule has 1 saturated heterocycles. The quantitative estimate of drug-likeness (QED) is 0.726. The zero-order valence-electron chi connectivity index (χ0n) is 7.48. The van der Waals surface area contributed by atoms with Crippen molar-refractivity contribution in [3.05, 3.63) is 5.51 Å². The number of hydrogen-bond donors (Lipinski definition) is 0. The highest BCUT2D eigenvalue weighted by atomic mass is 79.9. The molecule has 2 atom stereocenters. The first-order chi connectivity index (χ1) is 6.27. The Kier molecular flexibility index (Phi) is 2.83. The summed E-state index contributed by atoms with van der Waals surface area (Å²) in [6, 6.07) is 0. The first kappa shape index (κ1) is 9.40. The Labute approximate surface area is 90.3 Å². The second-order valence-corrected chi connectivity index (χ2v) is 5.44. The Balaban J connectivity index is 2.03. The molecule has 1 fully saturated rings. The molecule has 0 spiro atoms. The van der Waals surface area contributed by atoms with E-state index >= 15 is 0 Å². The van der Waals surface area contributed by atoms with Crippen LogP contribution in [0.15, 0.2) is 5.51 Å². The average Bonchev–Trinajstić information content (AvgIpc) is 2.62. The SMILES string of the molecule is CC1CCN(c2nncs2)CC1Br. The number of rotatable bonds is 1. The predicted octanol–water partition coefficient (Wildman–Crippen LogP) is 2.15. The lowest BCUT2D eigenvalue weighted by molar-refractivity contribution is 0.455. The predicted molar refractivity (Wildman–Crippen MR) is 58.6 cm³/mol. The standard InChI is InChI=1S/C8H12BrN3S/c1-6-2-3-12(4-7(6)9)8-11-10-5-13-8/h5-7H,2-4H2,1H3. The van der Waals surface area contributed by atoms with Crippen molar-refractivity contribution < 1.29 is 0 Å². The number of aromatic nitrogens is 2. The van der Waals surface area contributed by atoms with E-state index < -0.39 is 0 Å². The number of hydrogen-bond acceptors (Lipinski definition) is 4. The van der Waals surface area contributed by atoms with Gasteiger partial charge in [-0.1, -0.05) is 34.2 Å². The first-order valence-corrected chi connectivity index (χ1v) is 6.22. The highest BCUT2D eigenvalue weighted by Gasteiger charge is 2.25. The molecular formula is C8H12BrN3S. The number of piperidine rings is 1. The largest absolute Gasteiger partial charge is 0.346 e. The van der Waals surface area contributed by atoms with Crippen molar-refractivity contribution in [3.63, 3.8) is 0 Å². The highest BCUT2D eigenvalue weighted by molar-refractivity contribution is 9.09. The van der Waals surface area contributed by atoms with Crippen LogP contribution in [-0.4, -0.2) is 28.1 Å². The molecule has 0 aromatic carbocycles. The first-order valence-electron chi connectivity index (χ1n) is 4.42. The molecule has 1 aliphatic rings. The van der Waals surface area contributed by atoms with Gasteiger partial charge >= 0.3 is 0 Å². The molecule has 2 rings (SSSR count). The molecule has 2 unspecified atom stereocenters. The van der Waals surface area contributed by atoms with Gasteiger partial charge in [0.1, 0.15) is 5.51 Å². The lowest BCUT2D eigenvalue weighted by Crippen LogP contribution is -2.40. The second-order valence-electron chi connectivity index (χ2n) is 3.45. The van der Waals surface area contributed by atoms with E-state index in [0.29, 0.717) is 4.83 Å². The molecule has 0 N–H and O–H groups in total. The maximum atomic E-state index is 4.07. The molecular weight excluding hydrogens is 250 g/mol. The van der Waals surface area contributed by atoms with Crippen LogP contribution in [0.4, 0.5) is 5.13 Å². The normalized spacial score (nSPS) is 29.2. The average molecular weight is 262 g/mol. The van der Waals surface area contributed by atoms with E-state index in [2.05, 4.69) is 38.0 Å². The maximum Gasteiger partial charge on any atom is 0.208 e. The third-order valence-electron chi connectivity index (χ3n) is 2.49. The Morgan fingerprint density at radius 3 is 3.15 bits per heavy atom. The van der Waals surface area contributed by atoms with Gasteiger partial charge in [0.15, 0.2) is 0 Å². The Bertz CT molecular complexity index is 264. The van der Waals surface area contributed by atoms with Gasteiger partial charge in [-0.2, -0.15) is 0 Å². The van der Waals surface area contributed by atoms with Crippen LogP contribution in [0.1, 0.15) is 13.3 Å². The fourth-order valence-corrected chi connectivity index (χ4v) is 2.71. The van der Waals surface area contributed by atoms with Crippen molar-refractivity contribution in [3.8, 4) is 0 Å². The van der Waals surface area contributed by atoms with E-state index in [0.717, 1.165) is 24.1 Å². The minimum Gasteiger partial charge on any atom is -0.346 e. The zero-order valence-corrected chi connectivity index (χ0v) is 9.88. The van der Waals surface area contributed by atoms with Crippen LogP contribution in [0, 0.1) is 5.92 Å². The van der Waals surface area contributed by atoms with Crippen molar-refractivity contribution in [2.45, 2.75) is 18.2 Å². The minimum atomic E-state index is 0.588. The summed E-state index contributed by atoms with van der Waals surface area (Å²) >= 11 is 5.31. The Morgan fingerprint density at radius 2 is 2.54 bits per heavy atom. The molecule has 0 saturated carbocycles. The molecule has 1 aromatic heterocycles. The van der Waals surface area contributed by atoms with Crippen LogP contribution in [0.25, 0.3) is 0 Å². The molecule has 5 heteroatoms. The van der Waals surface area contributed by atoms with Crippen molar-refractivity contribution >= 4 is 32.4 Å². The number of halogens is 1. The smallest absolute Gasteiger partial charge is 0.208 e. The van der Waals surface area contributed by atoms with Gasteiger partial charge in [0.2, 0.25) is 5.13 Å². The molecule has 3 nitrogen and oxygen atoms in total. The van der Waals surface area contributed by atoms with E-state index in [4.69, 9.17) is 0 Å². The van der Waals surface area contributed by atoms with Crippen molar-refractivity contribution in [2.24, 2.45) is 5.92 Å². The van der Waals surface area contributed by atoms with Crippen LogP contribution in [0.3, 0.4) is 0 Å². The lowest BCUT2D eigenvalue weighted by Gasteiger charge is -2.33. The van der Waals surface area contributed by atoms with Gasteiger partial charge in [-0.15, -0.1) is 10.2 Å². The van der Waals surface area contributed by atoms with Gasteiger partial charge in [0.25, 0.3) is 0 Å². The van der Waals surface area contributed by atoms with Crippen molar-refractivity contribution in [1.29, 1.82) is 0 Å². The lowest BCUT2D eigenvalue weighted by atomic mass is 10.00. The second kappa shape index (κ2) is 3.92. The highest BCUT2D eigenvalue weighted by Crippen LogP contribution is 2.27. The number of anilines is 1. The Hall–Kier alpha value is -0.160. The van der Waals surface area contributed by atoms with Gasteiger partial charge in [0, 0.05) is 17.9 Å². The van der Waals surface area contributed by atoms with E-state index in [1.807, 2.05) is 0 Å². The number of nitrogens with zero attached hydrogens (tertiary/aromatic N) is 3. The molecule has 1 aliphatic heterocycles. The third-order valence-corrected chi connectivity index (χ3v) is 4.43. The molecule has 0 bridgehead atoms. The van der Waals surface area contributed by atoms with Crippen LogP contribution in [-0.2, 0) is 0 Å². The molecule has 0 radical (unpaired) electrons. The summed E-state index contributed by atoms with van der Waals surface area (Å²) in [7, 11) is 0. The van der Waals surface area contributed by atoms with Crippen molar-refractivity contribution in [1.82, 2.24) is 10.2 Å². The molecule has 13 heavy (non-hydrogen) atoms. The van der Waals surface area contributed by atoms with Gasteiger partial charge in [-0.25, -0.2) is 0 Å². The van der Waals surface area contributed by atoms with Gasteiger partial charge in [-0.05, 0) is 12.3 Å². The summed E-state index contributed by atoms with van der Waals surface area (Å²) in [5.74, 6) is 0.768. The summed E-state index contributed by atoms with van der Waals surface area (Å²) in [4.78, 5) is 2.89. The summed E-state index contributed by atoms with van der Waals surface area (Å²) in [6.45, 7) is 4.45. The number of alkyl halides is 1. The fraction of sp³-hybridized carbons (Fsp3) is 0.750. The van der Waals surface area contributed by atoms with Gasteiger partial charge in [-0.3, -0.25) is 0 Å². The van der Waals surface area contributed by atoms with Gasteiger partial charge in [0.05, 0.1) is 0 Å². The zero-order chi connectivity index (χ0) is 9.26. The maximum absolute atomic E-state index is 4.07. The van der Waals surface area contributed by atoms with Crippen molar-refractivity contribution in [2.75, 3.05) is 18.0 Å². The van der Waals surface area contributed by atoms with Crippen LogP contribution < -0.4 is 4.90 Å². The van der Waals surface area contributed by atoms with Crippen LogP contribution in [0.2, 0.25) is 0 Å². The Morgan fingerprint density at radius 1 is 1.69 bits per heavy atom. The monoisotopic (exact) mass is 261 g/mol. The molecule has 72 valence electrons. The molecule has 1 aromatic rings. The topological polar surface area (TPSA) is 29.0 Å². The van der Waals surface area contributed by atoms with Crippen LogP contribution in [0.5, 0.6) is 0 Å². The fourth-order valence-electron chi connectivity index (χ4n) is 1.50. The summed E-state index contributed by atoms with van der Waals surface area (Å²) in [5, 5.41) is 8.98. The van der Waals surface area contributed by atoms with Gasteiger partial charge < -0.3 is 4.90 Å². The van der Waals surface area contributed by atoms with E-state index in [-0.39, 0.29) is 0 Å². The van der Waals surface area contributed by atoms with E-state index in [1.165, 1.54) is 6.42 Å². The summed E-state index contributed by atoms with van der Waals surface area (Å²) in [6.07, 6.45) is 1.23. The van der Waals surface area contributed by atoms with Crippen LogP contribution >= 0.6 is 27.3 Å². The molecule has 0 aliphatic carbocycles. The summed E-state index contributed by atoms with van der Waals surface area (Å²) in [5.41, 5.74) is 1.79.